The molecule has 6 heteroatoms. The molecule has 1 aromatic rings. The first-order chi connectivity index (χ1) is 8.60. The third kappa shape index (κ3) is 3.61. The van der Waals surface area contributed by atoms with Crippen molar-refractivity contribution in [1.82, 2.24) is 5.32 Å². The molecular formula is C12H17NO5. The van der Waals surface area contributed by atoms with Crippen LogP contribution in [0.2, 0.25) is 0 Å². The highest BCUT2D eigenvalue weighted by molar-refractivity contribution is 5.97. The van der Waals surface area contributed by atoms with E-state index in [2.05, 4.69) is 5.32 Å². The van der Waals surface area contributed by atoms with E-state index in [0.29, 0.717) is 12.8 Å². The van der Waals surface area contributed by atoms with E-state index in [1.54, 1.807) is 0 Å². The average Bonchev–Trinajstić information content (AvgIpc) is 2.37. The summed E-state index contributed by atoms with van der Waals surface area (Å²) in [6.07, 6.45) is 0.885. The second-order valence-electron chi connectivity index (χ2n) is 3.89. The molecule has 1 unspecified atom stereocenters. The minimum Gasteiger partial charge on any atom is -0.504 e. The van der Waals surface area contributed by atoms with Gasteiger partial charge in [0.15, 0.2) is 11.5 Å². The Hall–Kier alpha value is -1.79. The van der Waals surface area contributed by atoms with Crippen LogP contribution in [0.1, 0.15) is 23.2 Å². The Morgan fingerprint density at radius 2 is 2.00 bits per heavy atom. The maximum atomic E-state index is 11.8. The van der Waals surface area contributed by atoms with Crippen molar-refractivity contribution in [3.8, 4) is 11.5 Å². The molecule has 0 heterocycles. The number of nitrogens with one attached hydrogen (secondary N) is 1. The third-order valence-corrected chi connectivity index (χ3v) is 2.53. The minimum absolute atomic E-state index is 0.0241. The molecule has 1 atom stereocenters. The predicted octanol–water partition coefficient (Wildman–Crippen LogP) is -0.0390. The molecule has 1 aromatic carbocycles. The van der Waals surface area contributed by atoms with Crippen molar-refractivity contribution in [3.63, 3.8) is 0 Å². The molecule has 0 saturated carbocycles. The lowest BCUT2D eigenvalue weighted by Gasteiger charge is -2.16. The number of phenols is 2. The van der Waals surface area contributed by atoms with Gasteiger partial charge in [0.05, 0.1) is 18.2 Å². The zero-order chi connectivity index (χ0) is 13.5. The summed E-state index contributed by atoms with van der Waals surface area (Å²) >= 11 is 0. The van der Waals surface area contributed by atoms with Gasteiger partial charge in [-0.05, 0) is 25.0 Å². The van der Waals surface area contributed by atoms with Gasteiger partial charge in [0.1, 0.15) is 0 Å². The van der Waals surface area contributed by atoms with E-state index < -0.39 is 17.7 Å². The molecule has 1 amide bonds. The fraction of sp³-hybridized carbons (Fsp3) is 0.417. The van der Waals surface area contributed by atoms with Crippen LogP contribution in [0.3, 0.4) is 0 Å². The molecule has 0 aliphatic rings. The van der Waals surface area contributed by atoms with Gasteiger partial charge in [0, 0.05) is 6.61 Å². The summed E-state index contributed by atoms with van der Waals surface area (Å²) in [5.74, 6) is -1.45. The second-order valence-corrected chi connectivity index (χ2v) is 3.89. The molecule has 18 heavy (non-hydrogen) atoms. The maximum Gasteiger partial charge on any atom is 0.255 e. The number of benzene rings is 1. The Bertz CT molecular complexity index is 407. The summed E-state index contributed by atoms with van der Waals surface area (Å²) in [5.41, 5.74) is -0.0579. The summed E-state index contributed by atoms with van der Waals surface area (Å²) < 4.78 is 0. The molecule has 1 rings (SSSR count). The largest absolute Gasteiger partial charge is 0.504 e. The van der Waals surface area contributed by atoms with Crippen LogP contribution in [0.4, 0.5) is 0 Å². The van der Waals surface area contributed by atoms with Crippen LogP contribution >= 0.6 is 0 Å². The molecule has 0 aromatic heterocycles. The monoisotopic (exact) mass is 255 g/mol. The summed E-state index contributed by atoms with van der Waals surface area (Å²) in [5, 5.41) is 39.0. The van der Waals surface area contributed by atoms with Crippen molar-refractivity contribution in [3.05, 3.63) is 23.8 Å². The van der Waals surface area contributed by atoms with Gasteiger partial charge in [0.2, 0.25) is 0 Å². The first-order valence-electron chi connectivity index (χ1n) is 5.63. The number of aliphatic hydroxyl groups is 2. The molecule has 0 saturated heterocycles. The highest BCUT2D eigenvalue weighted by Gasteiger charge is 2.17. The van der Waals surface area contributed by atoms with Gasteiger partial charge in [0.25, 0.3) is 5.91 Å². The molecule has 0 aliphatic carbocycles. The van der Waals surface area contributed by atoms with E-state index in [-0.39, 0.29) is 24.5 Å². The number of hydrogen-bond acceptors (Lipinski definition) is 5. The van der Waals surface area contributed by atoms with Crippen LogP contribution in [-0.4, -0.2) is 45.6 Å². The van der Waals surface area contributed by atoms with Crippen molar-refractivity contribution in [2.24, 2.45) is 0 Å². The lowest BCUT2D eigenvalue weighted by atomic mass is 10.1. The molecule has 5 N–H and O–H groups in total. The van der Waals surface area contributed by atoms with Crippen LogP contribution < -0.4 is 5.32 Å². The summed E-state index contributed by atoms with van der Waals surface area (Å²) in [6, 6.07) is 3.57. The minimum atomic E-state index is -0.583. The van der Waals surface area contributed by atoms with Gasteiger partial charge in [-0.25, -0.2) is 0 Å². The van der Waals surface area contributed by atoms with E-state index in [1.807, 2.05) is 0 Å². The molecule has 0 fully saturated rings. The summed E-state index contributed by atoms with van der Waals surface area (Å²) in [7, 11) is 0. The number of amides is 1. The van der Waals surface area contributed by atoms with Crippen LogP contribution in [-0.2, 0) is 0 Å². The SMILES string of the molecule is O=C(NC(CO)CCCO)c1cccc(O)c1O. The number of para-hydroxylation sites is 1. The smallest absolute Gasteiger partial charge is 0.255 e. The summed E-state index contributed by atoms with van der Waals surface area (Å²) in [4.78, 5) is 11.8. The fourth-order valence-electron chi connectivity index (χ4n) is 1.52. The molecule has 0 bridgehead atoms. The van der Waals surface area contributed by atoms with Gasteiger partial charge in [-0.3, -0.25) is 4.79 Å². The topological polar surface area (TPSA) is 110 Å². The Kier molecular flexibility index (Phi) is 5.41. The van der Waals surface area contributed by atoms with E-state index >= 15 is 0 Å². The van der Waals surface area contributed by atoms with Crippen molar-refractivity contribution in [2.45, 2.75) is 18.9 Å². The number of carbonyl (C=O) groups is 1. The third-order valence-electron chi connectivity index (χ3n) is 2.53. The van der Waals surface area contributed by atoms with E-state index in [9.17, 15) is 15.0 Å². The second kappa shape index (κ2) is 6.83. The fourth-order valence-corrected chi connectivity index (χ4v) is 1.52. The molecule has 100 valence electrons. The quantitative estimate of drug-likeness (QED) is 0.458. The number of aromatic hydroxyl groups is 2. The van der Waals surface area contributed by atoms with E-state index in [1.165, 1.54) is 18.2 Å². The molecule has 0 aliphatic heterocycles. The Morgan fingerprint density at radius 1 is 1.28 bits per heavy atom. The highest BCUT2D eigenvalue weighted by atomic mass is 16.3. The van der Waals surface area contributed by atoms with Crippen molar-refractivity contribution in [2.75, 3.05) is 13.2 Å². The van der Waals surface area contributed by atoms with Crippen molar-refractivity contribution >= 4 is 5.91 Å². The first kappa shape index (κ1) is 14.3. The van der Waals surface area contributed by atoms with Crippen molar-refractivity contribution < 1.29 is 25.2 Å². The van der Waals surface area contributed by atoms with Crippen LogP contribution in [0, 0.1) is 0 Å². The zero-order valence-corrected chi connectivity index (χ0v) is 9.83. The highest BCUT2D eigenvalue weighted by Crippen LogP contribution is 2.28. The van der Waals surface area contributed by atoms with Crippen LogP contribution in [0.5, 0.6) is 11.5 Å². The molecule has 0 spiro atoms. The van der Waals surface area contributed by atoms with Gasteiger partial charge >= 0.3 is 0 Å². The Balaban J connectivity index is 2.72. The van der Waals surface area contributed by atoms with E-state index in [4.69, 9.17) is 10.2 Å². The molecule has 0 radical (unpaired) electrons. The number of rotatable bonds is 6. The van der Waals surface area contributed by atoms with Crippen LogP contribution in [0.25, 0.3) is 0 Å². The average molecular weight is 255 g/mol. The number of carbonyl (C=O) groups excluding carboxylic acids is 1. The maximum absolute atomic E-state index is 11.8. The van der Waals surface area contributed by atoms with Gasteiger partial charge in [-0.15, -0.1) is 0 Å². The molecular weight excluding hydrogens is 238 g/mol. The van der Waals surface area contributed by atoms with E-state index in [0.717, 1.165) is 0 Å². The predicted molar refractivity (Wildman–Crippen MR) is 64.4 cm³/mol. The van der Waals surface area contributed by atoms with Gasteiger partial charge in [-0.1, -0.05) is 6.07 Å². The Labute approximate surface area is 105 Å². The molecule has 6 nitrogen and oxygen atoms in total. The first-order valence-corrected chi connectivity index (χ1v) is 5.63. The summed E-state index contributed by atoms with van der Waals surface area (Å²) in [6.45, 7) is -0.283. The van der Waals surface area contributed by atoms with Gasteiger partial charge in [-0.2, -0.15) is 0 Å². The number of phenolic OH excluding ortho intramolecular Hbond substituents is 2. The normalized spacial score (nSPS) is 12.1. The number of hydrogen-bond donors (Lipinski definition) is 5. The lowest BCUT2D eigenvalue weighted by Crippen LogP contribution is -2.37. The van der Waals surface area contributed by atoms with Crippen LogP contribution in [0.15, 0.2) is 18.2 Å². The number of aliphatic hydroxyl groups excluding tert-OH is 2. The lowest BCUT2D eigenvalue weighted by molar-refractivity contribution is 0.0906. The Morgan fingerprint density at radius 3 is 2.61 bits per heavy atom. The van der Waals surface area contributed by atoms with Gasteiger partial charge < -0.3 is 25.7 Å². The standard InChI is InChI=1S/C12H17NO5/c14-6-2-3-8(7-15)13-12(18)9-4-1-5-10(16)11(9)17/h1,4-5,8,14-17H,2-3,6-7H2,(H,13,18). The van der Waals surface area contributed by atoms with Crippen molar-refractivity contribution in [1.29, 1.82) is 0 Å². The zero-order valence-electron chi connectivity index (χ0n) is 9.83.